The van der Waals surface area contributed by atoms with Crippen molar-refractivity contribution < 1.29 is 0 Å². The molecule has 0 bridgehead atoms. The van der Waals surface area contributed by atoms with Crippen LogP contribution in [0.5, 0.6) is 0 Å². The highest BCUT2D eigenvalue weighted by atomic mass is 15.0. The fourth-order valence-corrected chi connectivity index (χ4v) is 1.62. The summed E-state index contributed by atoms with van der Waals surface area (Å²) in [5.41, 5.74) is 1.25. The topological polar surface area (TPSA) is 29.9 Å². The standard InChI is InChI=1S/C13H23N3/c1-11(2)10-14-7-5-6-12(3)13-15-8-9-16(13)4/h6,8-9,11,14H,5,7,10H2,1-4H3. The van der Waals surface area contributed by atoms with Crippen LogP contribution in [0.25, 0.3) is 5.57 Å². The Bertz CT molecular complexity index is 337. The maximum absolute atomic E-state index is 4.32. The minimum absolute atomic E-state index is 0.722. The van der Waals surface area contributed by atoms with Gasteiger partial charge < -0.3 is 9.88 Å². The Balaban J connectivity index is 2.32. The first-order valence-corrected chi connectivity index (χ1v) is 5.96. The molecule has 1 aromatic rings. The molecule has 0 aliphatic rings. The zero-order valence-corrected chi connectivity index (χ0v) is 10.8. The van der Waals surface area contributed by atoms with Crippen LogP contribution in [0.15, 0.2) is 18.5 Å². The summed E-state index contributed by atoms with van der Waals surface area (Å²) in [4.78, 5) is 4.32. The average molecular weight is 221 g/mol. The zero-order valence-electron chi connectivity index (χ0n) is 10.8. The van der Waals surface area contributed by atoms with Crippen molar-refractivity contribution in [2.75, 3.05) is 13.1 Å². The fraction of sp³-hybridized carbons (Fsp3) is 0.615. The van der Waals surface area contributed by atoms with Crippen molar-refractivity contribution in [3.63, 3.8) is 0 Å². The summed E-state index contributed by atoms with van der Waals surface area (Å²) in [6, 6.07) is 0. The van der Waals surface area contributed by atoms with Gasteiger partial charge in [0.15, 0.2) is 0 Å². The van der Waals surface area contributed by atoms with Gasteiger partial charge in [0.1, 0.15) is 5.82 Å². The Hall–Kier alpha value is -1.09. The summed E-state index contributed by atoms with van der Waals surface area (Å²) in [5.74, 6) is 1.78. The number of nitrogens with zero attached hydrogens (tertiary/aromatic N) is 2. The summed E-state index contributed by atoms with van der Waals surface area (Å²) in [6.45, 7) is 8.70. The second-order valence-corrected chi connectivity index (χ2v) is 4.64. The first-order chi connectivity index (χ1) is 7.61. The lowest BCUT2D eigenvalue weighted by Gasteiger charge is -2.06. The average Bonchev–Trinajstić information content (AvgIpc) is 2.63. The van der Waals surface area contributed by atoms with Crippen LogP contribution in [0.1, 0.15) is 33.0 Å². The summed E-state index contributed by atoms with van der Waals surface area (Å²) < 4.78 is 2.05. The molecule has 0 aromatic carbocycles. The van der Waals surface area contributed by atoms with Crippen LogP contribution in [-0.2, 0) is 7.05 Å². The van der Waals surface area contributed by atoms with Crippen LogP contribution < -0.4 is 5.32 Å². The van der Waals surface area contributed by atoms with Crippen LogP contribution in [0, 0.1) is 5.92 Å². The van der Waals surface area contributed by atoms with Gasteiger partial charge in [0.05, 0.1) is 0 Å². The predicted octanol–water partition coefficient (Wildman–Crippen LogP) is 2.46. The largest absolute Gasteiger partial charge is 0.334 e. The van der Waals surface area contributed by atoms with E-state index in [0.29, 0.717) is 0 Å². The Morgan fingerprint density at radius 3 is 2.88 bits per heavy atom. The molecular formula is C13H23N3. The van der Waals surface area contributed by atoms with Crippen LogP contribution in [0.4, 0.5) is 0 Å². The third-order valence-corrected chi connectivity index (χ3v) is 2.50. The van der Waals surface area contributed by atoms with E-state index in [0.717, 1.165) is 31.3 Å². The van der Waals surface area contributed by atoms with E-state index in [1.165, 1.54) is 5.57 Å². The normalized spacial score (nSPS) is 12.4. The number of hydrogen-bond donors (Lipinski definition) is 1. The van der Waals surface area contributed by atoms with E-state index in [9.17, 15) is 0 Å². The number of allylic oxidation sites excluding steroid dienone is 1. The third kappa shape index (κ3) is 4.19. The lowest BCUT2D eigenvalue weighted by atomic mass is 10.2. The number of imidazole rings is 1. The minimum atomic E-state index is 0.722. The van der Waals surface area contributed by atoms with Gasteiger partial charge in [0, 0.05) is 19.4 Å². The Kier molecular flexibility index (Phi) is 5.26. The number of rotatable bonds is 6. The maximum atomic E-state index is 4.32. The second-order valence-electron chi connectivity index (χ2n) is 4.64. The van der Waals surface area contributed by atoms with Crippen molar-refractivity contribution in [1.29, 1.82) is 0 Å². The molecule has 0 radical (unpaired) electrons. The molecule has 0 unspecified atom stereocenters. The molecule has 0 aliphatic heterocycles. The van der Waals surface area contributed by atoms with Gasteiger partial charge in [-0.15, -0.1) is 0 Å². The molecule has 3 heteroatoms. The zero-order chi connectivity index (χ0) is 12.0. The van der Waals surface area contributed by atoms with E-state index in [1.807, 2.05) is 24.0 Å². The Labute approximate surface area is 98.6 Å². The number of nitrogens with one attached hydrogen (secondary N) is 1. The van der Waals surface area contributed by atoms with E-state index < -0.39 is 0 Å². The van der Waals surface area contributed by atoms with E-state index in [1.54, 1.807) is 0 Å². The van der Waals surface area contributed by atoms with E-state index in [-0.39, 0.29) is 0 Å². The molecule has 1 rings (SSSR count). The van der Waals surface area contributed by atoms with Crippen molar-refractivity contribution in [2.45, 2.75) is 27.2 Å². The fourth-order valence-electron chi connectivity index (χ4n) is 1.62. The van der Waals surface area contributed by atoms with Crippen LogP contribution in [0.3, 0.4) is 0 Å². The van der Waals surface area contributed by atoms with Gasteiger partial charge in [-0.05, 0) is 37.9 Å². The van der Waals surface area contributed by atoms with Crippen molar-refractivity contribution in [3.8, 4) is 0 Å². The molecule has 0 amide bonds. The third-order valence-electron chi connectivity index (χ3n) is 2.50. The number of aromatic nitrogens is 2. The van der Waals surface area contributed by atoms with Crippen LogP contribution in [0.2, 0.25) is 0 Å². The predicted molar refractivity (Wildman–Crippen MR) is 69.2 cm³/mol. The highest BCUT2D eigenvalue weighted by Gasteiger charge is 2.00. The first-order valence-electron chi connectivity index (χ1n) is 5.96. The van der Waals surface area contributed by atoms with Gasteiger partial charge in [-0.1, -0.05) is 19.9 Å². The van der Waals surface area contributed by atoms with E-state index >= 15 is 0 Å². The molecule has 0 saturated heterocycles. The van der Waals surface area contributed by atoms with Gasteiger partial charge in [-0.3, -0.25) is 0 Å². The first kappa shape index (κ1) is 13.0. The maximum Gasteiger partial charge on any atom is 0.134 e. The van der Waals surface area contributed by atoms with Gasteiger partial charge >= 0.3 is 0 Å². The molecule has 0 spiro atoms. The summed E-state index contributed by atoms with van der Waals surface area (Å²) in [7, 11) is 2.02. The van der Waals surface area contributed by atoms with Crippen molar-refractivity contribution in [1.82, 2.24) is 14.9 Å². The molecule has 0 atom stereocenters. The molecule has 90 valence electrons. The highest BCUT2D eigenvalue weighted by Crippen LogP contribution is 2.10. The molecule has 1 N–H and O–H groups in total. The number of aryl methyl sites for hydroxylation is 1. The molecule has 3 nitrogen and oxygen atoms in total. The van der Waals surface area contributed by atoms with Crippen molar-refractivity contribution in [3.05, 3.63) is 24.3 Å². The lowest BCUT2D eigenvalue weighted by Crippen LogP contribution is -2.20. The minimum Gasteiger partial charge on any atom is -0.334 e. The summed E-state index contributed by atoms with van der Waals surface area (Å²) in [6.07, 6.45) is 7.12. The molecular weight excluding hydrogens is 198 g/mol. The highest BCUT2D eigenvalue weighted by molar-refractivity contribution is 5.57. The van der Waals surface area contributed by atoms with E-state index in [2.05, 4.69) is 37.1 Å². The van der Waals surface area contributed by atoms with Gasteiger partial charge in [0.2, 0.25) is 0 Å². The lowest BCUT2D eigenvalue weighted by molar-refractivity contribution is 0.557. The molecule has 0 aliphatic carbocycles. The molecule has 1 aromatic heterocycles. The second kappa shape index (κ2) is 6.48. The SMILES string of the molecule is CC(=CCCNCC(C)C)c1nccn1C. The van der Waals surface area contributed by atoms with Crippen LogP contribution in [-0.4, -0.2) is 22.6 Å². The van der Waals surface area contributed by atoms with Gasteiger partial charge in [0.25, 0.3) is 0 Å². The Morgan fingerprint density at radius 2 is 2.31 bits per heavy atom. The molecule has 0 fully saturated rings. The summed E-state index contributed by atoms with van der Waals surface area (Å²) >= 11 is 0. The van der Waals surface area contributed by atoms with Crippen molar-refractivity contribution in [2.24, 2.45) is 13.0 Å². The summed E-state index contributed by atoms with van der Waals surface area (Å²) in [5, 5.41) is 3.43. The molecule has 1 heterocycles. The van der Waals surface area contributed by atoms with Crippen LogP contribution >= 0.6 is 0 Å². The van der Waals surface area contributed by atoms with Gasteiger partial charge in [-0.25, -0.2) is 4.98 Å². The smallest absolute Gasteiger partial charge is 0.134 e. The van der Waals surface area contributed by atoms with Gasteiger partial charge in [-0.2, -0.15) is 0 Å². The molecule has 16 heavy (non-hydrogen) atoms. The monoisotopic (exact) mass is 221 g/mol. The number of hydrogen-bond acceptors (Lipinski definition) is 2. The molecule has 0 saturated carbocycles. The van der Waals surface area contributed by atoms with Crippen molar-refractivity contribution >= 4 is 5.57 Å². The quantitative estimate of drug-likeness (QED) is 0.748. The Morgan fingerprint density at radius 1 is 1.56 bits per heavy atom. The van der Waals surface area contributed by atoms with E-state index in [4.69, 9.17) is 0 Å².